The van der Waals surface area contributed by atoms with E-state index in [1.165, 1.54) is 19.3 Å². The van der Waals surface area contributed by atoms with Crippen LogP contribution in [0.1, 0.15) is 51.9 Å². The first-order valence-corrected chi connectivity index (χ1v) is 7.59. The van der Waals surface area contributed by atoms with Gasteiger partial charge < -0.3 is 15.5 Å². The monoisotopic (exact) mass is 253 g/mol. The highest BCUT2D eigenvalue weighted by Gasteiger charge is 2.27. The number of hydrogen-bond donors (Lipinski definition) is 2. The predicted octanol–water partition coefficient (Wildman–Crippen LogP) is 2.10. The van der Waals surface area contributed by atoms with Gasteiger partial charge in [-0.3, -0.25) is 0 Å². The maximum absolute atomic E-state index is 12.4. The summed E-state index contributed by atoms with van der Waals surface area (Å²) in [7, 11) is 0. The Morgan fingerprint density at radius 1 is 1.28 bits per heavy atom. The lowest BCUT2D eigenvalue weighted by molar-refractivity contribution is 0.171. The molecule has 4 heteroatoms. The van der Waals surface area contributed by atoms with Crippen molar-refractivity contribution in [3.63, 3.8) is 0 Å². The van der Waals surface area contributed by atoms with Crippen LogP contribution in [0.25, 0.3) is 0 Å². The Morgan fingerprint density at radius 2 is 2.06 bits per heavy atom. The lowest BCUT2D eigenvalue weighted by Crippen LogP contribution is -2.50. The predicted molar refractivity (Wildman–Crippen MR) is 73.7 cm³/mol. The minimum atomic E-state index is 0.164. The van der Waals surface area contributed by atoms with Gasteiger partial charge in [0.2, 0.25) is 0 Å². The highest BCUT2D eigenvalue weighted by atomic mass is 16.2. The first-order valence-electron chi connectivity index (χ1n) is 7.59. The third kappa shape index (κ3) is 3.61. The molecule has 0 aromatic heterocycles. The summed E-state index contributed by atoms with van der Waals surface area (Å²) in [4.78, 5) is 14.4. The molecule has 1 atom stereocenters. The zero-order chi connectivity index (χ0) is 12.8. The number of nitrogens with one attached hydrogen (secondary N) is 2. The highest BCUT2D eigenvalue weighted by molar-refractivity contribution is 5.75. The molecule has 1 unspecified atom stereocenters. The van der Waals surface area contributed by atoms with Crippen LogP contribution in [0.5, 0.6) is 0 Å². The SMILES string of the molecule is CCCN(C(=O)NC1CCCCC1)C1CCNC1. The third-order valence-electron chi connectivity index (χ3n) is 4.13. The van der Waals surface area contributed by atoms with Crippen LogP contribution in [0.15, 0.2) is 0 Å². The summed E-state index contributed by atoms with van der Waals surface area (Å²) >= 11 is 0. The molecule has 2 fully saturated rings. The quantitative estimate of drug-likeness (QED) is 0.806. The first-order chi connectivity index (χ1) is 8.81. The molecule has 0 aromatic rings. The summed E-state index contributed by atoms with van der Waals surface area (Å²) < 4.78 is 0. The second-order valence-electron chi connectivity index (χ2n) is 5.62. The summed E-state index contributed by atoms with van der Waals surface area (Å²) in [5.74, 6) is 0. The van der Waals surface area contributed by atoms with Crippen molar-refractivity contribution in [1.82, 2.24) is 15.5 Å². The van der Waals surface area contributed by atoms with E-state index in [0.717, 1.165) is 45.3 Å². The van der Waals surface area contributed by atoms with E-state index in [4.69, 9.17) is 0 Å². The van der Waals surface area contributed by atoms with E-state index in [1.807, 2.05) is 0 Å². The fourth-order valence-electron chi connectivity index (χ4n) is 3.10. The van der Waals surface area contributed by atoms with Gasteiger partial charge in [-0.1, -0.05) is 26.2 Å². The van der Waals surface area contributed by atoms with Crippen LogP contribution in [0.2, 0.25) is 0 Å². The molecule has 1 aliphatic carbocycles. The van der Waals surface area contributed by atoms with E-state index in [0.29, 0.717) is 12.1 Å². The molecule has 18 heavy (non-hydrogen) atoms. The van der Waals surface area contributed by atoms with Gasteiger partial charge in [-0.25, -0.2) is 4.79 Å². The molecule has 2 amide bonds. The molecule has 0 aromatic carbocycles. The van der Waals surface area contributed by atoms with Gasteiger partial charge in [-0.05, 0) is 32.2 Å². The van der Waals surface area contributed by atoms with Crippen molar-refractivity contribution in [3.05, 3.63) is 0 Å². The van der Waals surface area contributed by atoms with Crippen molar-refractivity contribution in [3.8, 4) is 0 Å². The summed E-state index contributed by atoms with van der Waals surface area (Å²) in [6.07, 6.45) is 8.32. The maximum Gasteiger partial charge on any atom is 0.317 e. The van der Waals surface area contributed by atoms with Gasteiger partial charge in [-0.2, -0.15) is 0 Å². The van der Waals surface area contributed by atoms with Crippen LogP contribution in [0, 0.1) is 0 Å². The van der Waals surface area contributed by atoms with Crippen LogP contribution >= 0.6 is 0 Å². The van der Waals surface area contributed by atoms with E-state index in [1.54, 1.807) is 0 Å². The Morgan fingerprint density at radius 3 is 2.67 bits per heavy atom. The standard InChI is InChI=1S/C14H27N3O/c1-2-10-17(13-8-9-15-11-13)14(18)16-12-6-4-3-5-7-12/h12-13,15H,2-11H2,1H3,(H,16,18). The molecule has 104 valence electrons. The van der Waals surface area contributed by atoms with Crippen molar-refractivity contribution >= 4 is 6.03 Å². The molecular formula is C14H27N3O. The van der Waals surface area contributed by atoms with Gasteiger partial charge in [-0.15, -0.1) is 0 Å². The molecule has 0 radical (unpaired) electrons. The molecular weight excluding hydrogens is 226 g/mol. The fourth-order valence-corrected chi connectivity index (χ4v) is 3.10. The highest BCUT2D eigenvalue weighted by Crippen LogP contribution is 2.18. The number of urea groups is 1. The summed E-state index contributed by atoms with van der Waals surface area (Å²) in [6.45, 7) is 5.02. The molecule has 2 aliphatic rings. The average molecular weight is 253 g/mol. The smallest absolute Gasteiger partial charge is 0.317 e. The van der Waals surface area contributed by atoms with Crippen LogP contribution in [-0.4, -0.2) is 42.6 Å². The van der Waals surface area contributed by atoms with Gasteiger partial charge in [0.25, 0.3) is 0 Å². The van der Waals surface area contributed by atoms with Crippen molar-refractivity contribution < 1.29 is 4.79 Å². The molecule has 1 aliphatic heterocycles. The zero-order valence-electron chi connectivity index (χ0n) is 11.6. The second-order valence-corrected chi connectivity index (χ2v) is 5.62. The number of carbonyl (C=O) groups is 1. The van der Waals surface area contributed by atoms with E-state index in [9.17, 15) is 4.79 Å². The Kier molecular flexibility index (Phi) is 5.29. The second kappa shape index (κ2) is 6.98. The number of hydrogen-bond acceptors (Lipinski definition) is 2. The lowest BCUT2D eigenvalue weighted by Gasteiger charge is -2.31. The normalized spacial score (nSPS) is 25.1. The Hall–Kier alpha value is -0.770. The van der Waals surface area contributed by atoms with Crippen LogP contribution in [0.3, 0.4) is 0 Å². The molecule has 0 spiro atoms. The number of rotatable bonds is 4. The van der Waals surface area contributed by atoms with Crippen LogP contribution < -0.4 is 10.6 Å². The summed E-state index contributed by atoms with van der Waals surface area (Å²) in [5.41, 5.74) is 0. The zero-order valence-corrected chi connectivity index (χ0v) is 11.6. The molecule has 4 nitrogen and oxygen atoms in total. The van der Waals surface area contributed by atoms with Crippen molar-refractivity contribution in [1.29, 1.82) is 0 Å². The number of amides is 2. The average Bonchev–Trinajstić information content (AvgIpc) is 2.90. The summed E-state index contributed by atoms with van der Waals surface area (Å²) in [6, 6.07) is 0.978. The minimum absolute atomic E-state index is 0.164. The van der Waals surface area contributed by atoms with Crippen LogP contribution in [0.4, 0.5) is 4.79 Å². The van der Waals surface area contributed by atoms with Crippen molar-refractivity contribution in [2.24, 2.45) is 0 Å². The largest absolute Gasteiger partial charge is 0.335 e. The van der Waals surface area contributed by atoms with E-state index in [-0.39, 0.29) is 6.03 Å². The minimum Gasteiger partial charge on any atom is -0.335 e. The fraction of sp³-hybridized carbons (Fsp3) is 0.929. The molecule has 1 saturated carbocycles. The van der Waals surface area contributed by atoms with Gasteiger partial charge in [0.1, 0.15) is 0 Å². The first kappa shape index (κ1) is 13.7. The molecule has 1 saturated heterocycles. The topological polar surface area (TPSA) is 44.4 Å². The number of carbonyl (C=O) groups excluding carboxylic acids is 1. The van der Waals surface area contributed by atoms with Gasteiger partial charge in [0, 0.05) is 25.2 Å². The van der Waals surface area contributed by atoms with Crippen LogP contribution in [-0.2, 0) is 0 Å². The lowest BCUT2D eigenvalue weighted by atomic mass is 9.96. The molecule has 2 rings (SSSR count). The van der Waals surface area contributed by atoms with Gasteiger partial charge in [0.05, 0.1) is 0 Å². The Labute approximate surface area is 110 Å². The maximum atomic E-state index is 12.4. The molecule has 1 heterocycles. The van der Waals surface area contributed by atoms with E-state index < -0.39 is 0 Å². The Bertz CT molecular complexity index is 258. The van der Waals surface area contributed by atoms with Crippen molar-refractivity contribution in [2.75, 3.05) is 19.6 Å². The summed E-state index contributed by atoms with van der Waals surface area (Å²) in [5, 5.41) is 6.59. The van der Waals surface area contributed by atoms with E-state index in [2.05, 4.69) is 22.5 Å². The third-order valence-corrected chi connectivity index (χ3v) is 4.13. The van der Waals surface area contributed by atoms with Gasteiger partial charge >= 0.3 is 6.03 Å². The van der Waals surface area contributed by atoms with Gasteiger partial charge in [0.15, 0.2) is 0 Å². The Balaban J connectivity index is 1.85. The van der Waals surface area contributed by atoms with E-state index >= 15 is 0 Å². The number of nitrogens with zero attached hydrogens (tertiary/aromatic N) is 1. The molecule has 2 N–H and O–H groups in total. The van der Waals surface area contributed by atoms with Crippen molar-refractivity contribution in [2.45, 2.75) is 64.0 Å². The molecule has 0 bridgehead atoms.